The summed E-state index contributed by atoms with van der Waals surface area (Å²) in [4.78, 5) is 28.3. The van der Waals surface area contributed by atoms with Crippen LogP contribution in [0.15, 0.2) is 59.7 Å². The number of hydrogen-bond donors (Lipinski definition) is 1. The van der Waals surface area contributed by atoms with Crippen LogP contribution in [0.3, 0.4) is 0 Å². The first-order valence-corrected chi connectivity index (χ1v) is 8.63. The summed E-state index contributed by atoms with van der Waals surface area (Å²) < 4.78 is 1.46. The normalized spacial score (nSPS) is 10.6. The number of pyridine rings is 2. The monoisotopic (exact) mass is 407 g/mol. The van der Waals surface area contributed by atoms with Gasteiger partial charge in [0.25, 0.3) is 11.5 Å². The highest BCUT2D eigenvalue weighted by Gasteiger charge is 2.09. The van der Waals surface area contributed by atoms with Crippen LogP contribution in [0, 0.1) is 0 Å². The van der Waals surface area contributed by atoms with Crippen molar-refractivity contribution in [3.8, 4) is 0 Å². The van der Waals surface area contributed by atoms with Crippen molar-refractivity contribution in [2.24, 2.45) is 0 Å². The van der Waals surface area contributed by atoms with Gasteiger partial charge in [0.1, 0.15) is 5.69 Å². The summed E-state index contributed by atoms with van der Waals surface area (Å²) in [5.41, 5.74) is 1.23. The molecule has 5 nitrogen and oxygen atoms in total. The van der Waals surface area contributed by atoms with Crippen LogP contribution < -0.4 is 10.9 Å². The van der Waals surface area contributed by atoms with Gasteiger partial charge in [-0.3, -0.25) is 14.6 Å². The molecule has 1 aromatic carbocycles. The summed E-state index contributed by atoms with van der Waals surface area (Å²) >= 11 is 17.8. The average molecular weight is 409 g/mol. The van der Waals surface area contributed by atoms with E-state index in [1.54, 1.807) is 30.5 Å². The van der Waals surface area contributed by atoms with Crippen molar-refractivity contribution >= 4 is 46.4 Å². The van der Waals surface area contributed by atoms with Gasteiger partial charge in [-0.15, -0.1) is 0 Å². The van der Waals surface area contributed by atoms with Crippen molar-refractivity contribution < 1.29 is 4.79 Å². The zero-order valence-corrected chi connectivity index (χ0v) is 15.5. The number of carbonyl (C=O) groups excluding carboxylic acids is 1. The molecule has 0 fully saturated rings. The molecule has 8 heteroatoms. The van der Waals surface area contributed by atoms with Crippen molar-refractivity contribution in [2.45, 2.75) is 6.54 Å². The van der Waals surface area contributed by atoms with Crippen molar-refractivity contribution in [3.63, 3.8) is 0 Å². The number of carbonyl (C=O) groups is 1. The number of amides is 1. The predicted molar refractivity (Wildman–Crippen MR) is 103 cm³/mol. The van der Waals surface area contributed by atoms with E-state index in [4.69, 9.17) is 34.8 Å². The van der Waals surface area contributed by atoms with Gasteiger partial charge >= 0.3 is 0 Å². The fourth-order valence-corrected chi connectivity index (χ4v) is 2.77. The van der Waals surface area contributed by atoms with Gasteiger partial charge in [0.15, 0.2) is 0 Å². The standard InChI is InChI=1S/C18H12Cl3N3O2/c19-12-5-6-22-16(8-12)18(26)23-13-2-4-17(25)24(10-13)9-11-1-3-14(20)15(21)7-11/h1-8,10H,9H2,(H,23,26). The molecule has 3 rings (SSSR count). The SMILES string of the molecule is O=C(Nc1ccc(=O)n(Cc2ccc(Cl)c(Cl)c2)c1)c1cc(Cl)ccn1. The number of benzene rings is 1. The smallest absolute Gasteiger partial charge is 0.274 e. The Morgan fingerprint density at radius 2 is 1.85 bits per heavy atom. The molecule has 0 aliphatic carbocycles. The maximum absolute atomic E-state index is 12.3. The summed E-state index contributed by atoms with van der Waals surface area (Å²) in [5, 5.41) is 3.96. The molecule has 2 aromatic heterocycles. The van der Waals surface area contributed by atoms with Crippen molar-refractivity contribution in [1.82, 2.24) is 9.55 Å². The molecule has 0 spiro atoms. The van der Waals surface area contributed by atoms with E-state index in [1.807, 2.05) is 0 Å². The number of anilines is 1. The van der Waals surface area contributed by atoms with Crippen LogP contribution in [0.4, 0.5) is 5.69 Å². The van der Waals surface area contributed by atoms with Gasteiger partial charge in [-0.05, 0) is 35.9 Å². The lowest BCUT2D eigenvalue weighted by atomic mass is 10.2. The Morgan fingerprint density at radius 1 is 1.04 bits per heavy atom. The van der Waals surface area contributed by atoms with E-state index in [-0.39, 0.29) is 17.8 Å². The topological polar surface area (TPSA) is 64.0 Å². The molecule has 0 saturated carbocycles. The van der Waals surface area contributed by atoms with Gasteiger partial charge in [-0.1, -0.05) is 40.9 Å². The fraction of sp³-hybridized carbons (Fsp3) is 0.0556. The summed E-state index contributed by atoms with van der Waals surface area (Å²) in [6.45, 7) is 0.287. The second kappa shape index (κ2) is 7.91. The summed E-state index contributed by atoms with van der Waals surface area (Å²) in [6.07, 6.45) is 3.00. The zero-order chi connectivity index (χ0) is 18.7. The third-order valence-corrected chi connectivity index (χ3v) is 4.51. The molecule has 3 aromatic rings. The van der Waals surface area contributed by atoms with Crippen LogP contribution in [0.2, 0.25) is 15.1 Å². The molecule has 0 atom stereocenters. The van der Waals surface area contributed by atoms with Gasteiger partial charge < -0.3 is 9.88 Å². The van der Waals surface area contributed by atoms with Crippen LogP contribution in [-0.4, -0.2) is 15.5 Å². The lowest BCUT2D eigenvalue weighted by molar-refractivity contribution is 0.102. The maximum atomic E-state index is 12.3. The Labute approximate surface area is 164 Å². The third kappa shape index (κ3) is 4.43. The Morgan fingerprint density at radius 3 is 2.58 bits per heavy atom. The van der Waals surface area contributed by atoms with Crippen LogP contribution in [-0.2, 0) is 6.54 Å². The van der Waals surface area contributed by atoms with E-state index >= 15 is 0 Å². The highest BCUT2D eigenvalue weighted by Crippen LogP contribution is 2.23. The quantitative estimate of drug-likeness (QED) is 0.691. The second-order valence-electron chi connectivity index (χ2n) is 5.45. The molecule has 0 bridgehead atoms. The first-order chi connectivity index (χ1) is 12.4. The van der Waals surface area contributed by atoms with E-state index in [0.29, 0.717) is 20.8 Å². The Balaban J connectivity index is 1.82. The Hall–Kier alpha value is -2.34. The van der Waals surface area contributed by atoms with Crippen molar-refractivity contribution in [2.75, 3.05) is 5.32 Å². The maximum Gasteiger partial charge on any atom is 0.274 e. The predicted octanol–water partition coefficient (Wildman–Crippen LogP) is 4.50. The minimum Gasteiger partial charge on any atom is -0.319 e. The van der Waals surface area contributed by atoms with Crippen LogP contribution in [0.5, 0.6) is 0 Å². The average Bonchev–Trinajstić information content (AvgIpc) is 2.61. The first kappa shape index (κ1) is 18.5. The summed E-state index contributed by atoms with van der Waals surface area (Å²) in [7, 11) is 0. The van der Waals surface area contributed by atoms with Gasteiger partial charge in [-0.25, -0.2) is 0 Å². The van der Waals surface area contributed by atoms with Crippen molar-refractivity contribution in [1.29, 1.82) is 0 Å². The molecule has 0 unspecified atom stereocenters. The number of nitrogens with one attached hydrogen (secondary N) is 1. The fourth-order valence-electron chi connectivity index (χ4n) is 2.29. The lowest BCUT2D eigenvalue weighted by Crippen LogP contribution is -2.21. The first-order valence-electron chi connectivity index (χ1n) is 7.50. The van der Waals surface area contributed by atoms with Crippen LogP contribution in [0.25, 0.3) is 0 Å². The molecule has 2 heterocycles. The summed E-state index contributed by atoms with van der Waals surface area (Å²) in [6, 6.07) is 11.1. The van der Waals surface area contributed by atoms with E-state index in [2.05, 4.69) is 10.3 Å². The minimum absolute atomic E-state index is 0.180. The molecule has 0 aliphatic rings. The second-order valence-corrected chi connectivity index (χ2v) is 6.70. The lowest BCUT2D eigenvalue weighted by Gasteiger charge is -2.10. The van der Waals surface area contributed by atoms with E-state index in [1.165, 1.54) is 29.0 Å². The highest BCUT2D eigenvalue weighted by atomic mass is 35.5. The van der Waals surface area contributed by atoms with E-state index in [0.717, 1.165) is 5.56 Å². The Bertz CT molecular complexity index is 1030. The number of aromatic nitrogens is 2. The van der Waals surface area contributed by atoms with Crippen molar-refractivity contribution in [3.05, 3.63) is 91.5 Å². The molecular formula is C18H12Cl3N3O2. The molecule has 132 valence electrons. The summed E-state index contributed by atoms with van der Waals surface area (Å²) in [5.74, 6) is -0.424. The number of hydrogen-bond acceptors (Lipinski definition) is 3. The van der Waals surface area contributed by atoms with Gasteiger partial charge in [0.05, 0.1) is 22.3 Å². The number of halogens is 3. The number of rotatable bonds is 4. The zero-order valence-electron chi connectivity index (χ0n) is 13.2. The number of nitrogens with zero attached hydrogens (tertiary/aromatic N) is 2. The van der Waals surface area contributed by atoms with Gasteiger partial charge in [0, 0.05) is 23.5 Å². The Kier molecular flexibility index (Phi) is 5.61. The van der Waals surface area contributed by atoms with Gasteiger partial charge in [-0.2, -0.15) is 0 Å². The molecule has 1 amide bonds. The van der Waals surface area contributed by atoms with Gasteiger partial charge in [0.2, 0.25) is 0 Å². The van der Waals surface area contributed by atoms with E-state index in [9.17, 15) is 9.59 Å². The highest BCUT2D eigenvalue weighted by molar-refractivity contribution is 6.42. The molecule has 26 heavy (non-hydrogen) atoms. The van der Waals surface area contributed by atoms with E-state index < -0.39 is 5.91 Å². The largest absolute Gasteiger partial charge is 0.319 e. The third-order valence-electron chi connectivity index (χ3n) is 3.53. The molecule has 0 aliphatic heterocycles. The molecule has 1 N–H and O–H groups in total. The molecular weight excluding hydrogens is 397 g/mol. The molecule has 0 radical (unpaired) electrons. The van der Waals surface area contributed by atoms with Crippen LogP contribution in [0.1, 0.15) is 16.1 Å². The minimum atomic E-state index is -0.424. The molecule has 0 saturated heterocycles. The van der Waals surface area contributed by atoms with Crippen LogP contribution >= 0.6 is 34.8 Å².